The minimum Gasteiger partial charge on any atom is -0.490 e. The summed E-state index contributed by atoms with van der Waals surface area (Å²) in [4.78, 5) is 48.4. The van der Waals surface area contributed by atoms with Gasteiger partial charge in [-0.1, -0.05) is 36.4 Å². The Morgan fingerprint density at radius 1 is 1.14 bits per heavy atom. The summed E-state index contributed by atoms with van der Waals surface area (Å²) in [6, 6.07) is 12.0. The molecule has 1 aliphatic heterocycles. The first-order chi connectivity index (χ1) is 13.4. The van der Waals surface area contributed by atoms with Gasteiger partial charge in [0.25, 0.3) is 11.8 Å². The van der Waals surface area contributed by atoms with Crippen LogP contribution in [0.5, 0.6) is 5.75 Å². The van der Waals surface area contributed by atoms with Crippen molar-refractivity contribution in [2.45, 2.75) is 6.54 Å². The molecule has 9 heteroatoms. The lowest BCUT2D eigenvalue weighted by Crippen LogP contribution is -2.53. The largest absolute Gasteiger partial charge is 0.490 e. The highest BCUT2D eigenvalue weighted by Gasteiger charge is 2.35. The monoisotopic (exact) mass is 381 g/mol. The Bertz CT molecular complexity index is 1000. The van der Waals surface area contributed by atoms with Gasteiger partial charge in [-0.15, -0.1) is 0 Å². The summed E-state index contributed by atoms with van der Waals surface area (Å²) in [5.41, 5.74) is 0.354. The van der Waals surface area contributed by atoms with Crippen molar-refractivity contribution in [3.63, 3.8) is 0 Å². The van der Waals surface area contributed by atoms with Crippen molar-refractivity contribution in [2.75, 3.05) is 7.11 Å². The number of nitrogens with zero attached hydrogens (tertiary/aromatic N) is 2. The Kier molecular flexibility index (Phi) is 5.16. The van der Waals surface area contributed by atoms with Gasteiger partial charge in [-0.25, -0.2) is 4.79 Å². The second kappa shape index (κ2) is 7.70. The van der Waals surface area contributed by atoms with Crippen LogP contribution < -0.4 is 10.1 Å². The first kappa shape index (κ1) is 18.8. The number of methoxy groups -OCH3 is 1. The molecule has 1 fully saturated rings. The second-order valence-electron chi connectivity index (χ2n) is 5.88. The molecule has 1 aliphatic rings. The number of imide groups is 2. The summed E-state index contributed by atoms with van der Waals surface area (Å²) in [6.45, 7) is -0.0150. The van der Waals surface area contributed by atoms with E-state index in [2.05, 4.69) is 5.32 Å². The molecule has 0 aromatic heterocycles. The van der Waals surface area contributed by atoms with Crippen molar-refractivity contribution in [1.29, 1.82) is 0 Å². The molecule has 3 rings (SSSR count). The van der Waals surface area contributed by atoms with E-state index >= 15 is 0 Å². The Morgan fingerprint density at radius 2 is 1.86 bits per heavy atom. The van der Waals surface area contributed by atoms with Gasteiger partial charge in [0.1, 0.15) is 5.57 Å². The minimum absolute atomic E-state index is 0.0150. The van der Waals surface area contributed by atoms with Gasteiger partial charge in [0.05, 0.1) is 18.6 Å². The van der Waals surface area contributed by atoms with Crippen molar-refractivity contribution < 1.29 is 24.0 Å². The molecule has 0 unspecified atom stereocenters. The molecule has 0 radical (unpaired) electrons. The van der Waals surface area contributed by atoms with Crippen LogP contribution in [0.4, 0.5) is 10.5 Å². The first-order valence-corrected chi connectivity index (χ1v) is 8.16. The number of hydrogen-bond acceptors (Lipinski definition) is 6. The van der Waals surface area contributed by atoms with Crippen molar-refractivity contribution in [3.05, 3.63) is 75.3 Å². The highest BCUT2D eigenvalue weighted by molar-refractivity contribution is 6.30. The number of nitro groups is 1. The first-order valence-electron chi connectivity index (χ1n) is 8.16. The van der Waals surface area contributed by atoms with Crippen molar-refractivity contribution >= 4 is 29.6 Å². The summed E-state index contributed by atoms with van der Waals surface area (Å²) in [5.74, 6) is -1.60. The molecular weight excluding hydrogens is 366 g/mol. The smallest absolute Gasteiger partial charge is 0.331 e. The quantitative estimate of drug-likeness (QED) is 0.367. The number of carbonyl (C=O) groups is 3. The summed E-state index contributed by atoms with van der Waals surface area (Å²) >= 11 is 0. The molecule has 0 aliphatic carbocycles. The average Bonchev–Trinajstić information content (AvgIpc) is 2.69. The average molecular weight is 381 g/mol. The van der Waals surface area contributed by atoms with Gasteiger partial charge >= 0.3 is 11.7 Å². The minimum atomic E-state index is -0.863. The van der Waals surface area contributed by atoms with E-state index in [4.69, 9.17) is 4.74 Å². The zero-order valence-electron chi connectivity index (χ0n) is 14.7. The van der Waals surface area contributed by atoms with Crippen LogP contribution >= 0.6 is 0 Å². The van der Waals surface area contributed by atoms with Gasteiger partial charge in [0.2, 0.25) is 0 Å². The summed E-state index contributed by atoms with van der Waals surface area (Å²) in [6.07, 6.45) is 1.20. The van der Waals surface area contributed by atoms with E-state index in [1.807, 2.05) is 0 Å². The van der Waals surface area contributed by atoms with Gasteiger partial charge in [-0.05, 0) is 23.3 Å². The third kappa shape index (κ3) is 3.73. The number of rotatable bonds is 5. The van der Waals surface area contributed by atoms with Crippen LogP contribution in [0.2, 0.25) is 0 Å². The topological polar surface area (TPSA) is 119 Å². The Balaban J connectivity index is 1.95. The number of ether oxygens (including phenoxy) is 1. The van der Waals surface area contributed by atoms with E-state index in [-0.39, 0.29) is 29.1 Å². The molecule has 142 valence electrons. The van der Waals surface area contributed by atoms with E-state index < -0.39 is 22.8 Å². The predicted octanol–water partition coefficient (Wildman–Crippen LogP) is 2.27. The maximum atomic E-state index is 12.7. The molecule has 0 spiro atoms. The van der Waals surface area contributed by atoms with Crippen LogP contribution in [0, 0.1) is 10.1 Å². The lowest BCUT2D eigenvalue weighted by molar-refractivity contribution is -0.385. The number of carbonyl (C=O) groups excluding carboxylic acids is 3. The fraction of sp³-hybridized carbons (Fsp3) is 0.105. The number of hydrogen-bond donors (Lipinski definition) is 1. The van der Waals surface area contributed by atoms with Crippen LogP contribution in [0.25, 0.3) is 6.08 Å². The fourth-order valence-electron chi connectivity index (χ4n) is 2.71. The molecule has 2 aromatic carbocycles. The number of amides is 4. The van der Waals surface area contributed by atoms with Gasteiger partial charge in [-0.3, -0.25) is 29.9 Å². The number of barbiturate groups is 1. The number of urea groups is 1. The van der Waals surface area contributed by atoms with E-state index in [1.54, 1.807) is 30.3 Å². The summed E-state index contributed by atoms with van der Waals surface area (Å²) in [5, 5.41) is 13.3. The molecule has 1 saturated heterocycles. The summed E-state index contributed by atoms with van der Waals surface area (Å²) < 4.78 is 4.93. The lowest BCUT2D eigenvalue weighted by atomic mass is 10.1. The van der Waals surface area contributed by atoms with Crippen LogP contribution in [0.1, 0.15) is 11.1 Å². The number of benzene rings is 2. The van der Waals surface area contributed by atoms with Gasteiger partial charge in [0, 0.05) is 6.07 Å². The van der Waals surface area contributed by atoms with E-state index in [0.29, 0.717) is 5.56 Å². The predicted molar refractivity (Wildman–Crippen MR) is 98.2 cm³/mol. The maximum absolute atomic E-state index is 12.7. The lowest BCUT2D eigenvalue weighted by Gasteiger charge is -2.26. The van der Waals surface area contributed by atoms with Crippen LogP contribution in [-0.4, -0.2) is 34.8 Å². The Hall–Kier alpha value is -4.01. The van der Waals surface area contributed by atoms with Crippen molar-refractivity contribution in [2.24, 2.45) is 0 Å². The van der Waals surface area contributed by atoms with Gasteiger partial charge < -0.3 is 4.74 Å². The third-order valence-electron chi connectivity index (χ3n) is 4.08. The zero-order valence-corrected chi connectivity index (χ0v) is 14.7. The van der Waals surface area contributed by atoms with Gasteiger partial charge in [0.15, 0.2) is 5.75 Å². The van der Waals surface area contributed by atoms with Crippen LogP contribution in [0.15, 0.2) is 54.1 Å². The molecular formula is C19H15N3O6. The SMILES string of the molecule is COc1ccc(/C=C2/C(=O)NC(=O)N(Cc3ccccc3)C2=O)cc1[N+](=O)[O-]. The highest BCUT2D eigenvalue weighted by atomic mass is 16.6. The van der Waals surface area contributed by atoms with Crippen LogP contribution in [-0.2, 0) is 16.1 Å². The highest BCUT2D eigenvalue weighted by Crippen LogP contribution is 2.29. The fourth-order valence-corrected chi connectivity index (χ4v) is 2.71. The molecule has 0 atom stereocenters. The second-order valence-corrected chi connectivity index (χ2v) is 5.88. The molecule has 9 nitrogen and oxygen atoms in total. The molecule has 0 bridgehead atoms. The van der Waals surface area contributed by atoms with Crippen molar-refractivity contribution in [3.8, 4) is 5.75 Å². The van der Waals surface area contributed by atoms with Crippen molar-refractivity contribution in [1.82, 2.24) is 10.2 Å². The zero-order chi connectivity index (χ0) is 20.3. The standard InChI is InChI=1S/C19H15N3O6/c1-28-16-8-7-13(10-15(16)22(26)27)9-14-17(23)20-19(25)21(18(14)24)11-12-5-3-2-4-6-12/h2-10H,11H2,1H3,(H,20,23,25)/b14-9-. The van der Waals surface area contributed by atoms with E-state index in [1.165, 1.54) is 31.4 Å². The van der Waals surface area contributed by atoms with E-state index in [9.17, 15) is 24.5 Å². The third-order valence-corrected chi connectivity index (χ3v) is 4.08. The normalized spacial score (nSPS) is 15.5. The molecule has 0 saturated carbocycles. The Morgan fingerprint density at radius 3 is 2.50 bits per heavy atom. The summed E-state index contributed by atoms with van der Waals surface area (Å²) in [7, 11) is 1.30. The molecule has 28 heavy (non-hydrogen) atoms. The molecule has 2 aromatic rings. The number of nitro benzene ring substituents is 1. The van der Waals surface area contributed by atoms with E-state index in [0.717, 1.165) is 4.90 Å². The molecule has 1 N–H and O–H groups in total. The maximum Gasteiger partial charge on any atom is 0.331 e. The molecule has 4 amide bonds. The Labute approximate surface area is 159 Å². The number of nitrogens with one attached hydrogen (secondary N) is 1. The molecule has 1 heterocycles. The van der Waals surface area contributed by atoms with Crippen LogP contribution in [0.3, 0.4) is 0 Å². The van der Waals surface area contributed by atoms with Gasteiger partial charge in [-0.2, -0.15) is 0 Å².